The van der Waals surface area contributed by atoms with Crippen LogP contribution in [0.5, 0.6) is 0 Å². The van der Waals surface area contributed by atoms with E-state index in [1.807, 2.05) is 43.2 Å². The third kappa shape index (κ3) is 3.39. The second-order valence-corrected chi connectivity index (χ2v) is 8.54. The van der Waals surface area contributed by atoms with Gasteiger partial charge in [0.25, 0.3) is 0 Å². The Morgan fingerprint density at radius 2 is 2.10 bits per heavy atom. The van der Waals surface area contributed by atoms with Crippen LogP contribution in [0.4, 0.5) is 5.13 Å². The molecule has 0 atom stereocenters. The molecule has 1 saturated carbocycles. The zero-order valence-electron chi connectivity index (χ0n) is 17.2. The van der Waals surface area contributed by atoms with E-state index in [2.05, 4.69) is 31.5 Å². The van der Waals surface area contributed by atoms with Crippen molar-refractivity contribution in [2.75, 3.05) is 5.32 Å². The summed E-state index contributed by atoms with van der Waals surface area (Å²) >= 11 is 1.41. The zero-order valence-corrected chi connectivity index (χ0v) is 18.0. The van der Waals surface area contributed by atoms with Crippen LogP contribution in [-0.4, -0.2) is 35.4 Å². The minimum Gasteiger partial charge on any atom is -0.300 e. The molecule has 0 aliphatic heterocycles. The molecule has 1 N–H and O–H groups in total. The van der Waals surface area contributed by atoms with Gasteiger partial charge in [-0.1, -0.05) is 0 Å². The summed E-state index contributed by atoms with van der Waals surface area (Å²) in [6.07, 6.45) is 6.23. The van der Waals surface area contributed by atoms with Crippen molar-refractivity contribution < 1.29 is 4.79 Å². The van der Waals surface area contributed by atoms with E-state index in [1.165, 1.54) is 29.7 Å². The van der Waals surface area contributed by atoms with E-state index >= 15 is 0 Å². The van der Waals surface area contributed by atoms with Crippen LogP contribution in [0.3, 0.4) is 0 Å². The van der Waals surface area contributed by atoms with Crippen molar-refractivity contribution in [2.24, 2.45) is 0 Å². The first-order valence-corrected chi connectivity index (χ1v) is 11.0. The SMILES string of the molecule is CCn1cc(-c2csc(NC(=O)Cn3nc(C)c4c(C5CC5)ccnc43)n2)c(C)n1. The number of aromatic nitrogens is 6. The molecule has 0 unspecified atom stereocenters. The average Bonchev–Trinajstić information content (AvgIpc) is 3.25. The van der Waals surface area contributed by atoms with Gasteiger partial charge in [-0.2, -0.15) is 10.2 Å². The van der Waals surface area contributed by atoms with Crippen LogP contribution in [0.2, 0.25) is 0 Å². The number of carbonyl (C=O) groups is 1. The number of pyridine rings is 1. The lowest BCUT2D eigenvalue weighted by Crippen LogP contribution is -2.19. The molecule has 8 nitrogen and oxygen atoms in total. The monoisotopic (exact) mass is 421 g/mol. The van der Waals surface area contributed by atoms with Crippen LogP contribution in [0, 0.1) is 13.8 Å². The molecule has 0 spiro atoms. The van der Waals surface area contributed by atoms with E-state index in [-0.39, 0.29) is 12.5 Å². The third-order valence-corrected chi connectivity index (χ3v) is 6.21. The topological polar surface area (TPSA) is 90.5 Å². The number of hydrogen-bond donors (Lipinski definition) is 1. The van der Waals surface area contributed by atoms with E-state index < -0.39 is 0 Å². The quantitative estimate of drug-likeness (QED) is 0.510. The maximum atomic E-state index is 12.7. The highest BCUT2D eigenvalue weighted by Gasteiger charge is 2.27. The van der Waals surface area contributed by atoms with Gasteiger partial charge >= 0.3 is 0 Å². The van der Waals surface area contributed by atoms with Crippen molar-refractivity contribution >= 4 is 33.4 Å². The molecule has 1 aliphatic carbocycles. The van der Waals surface area contributed by atoms with Gasteiger partial charge in [-0.05, 0) is 51.2 Å². The number of fused-ring (bicyclic) bond motifs is 1. The van der Waals surface area contributed by atoms with Gasteiger partial charge in [0.2, 0.25) is 5.91 Å². The summed E-state index contributed by atoms with van der Waals surface area (Å²) in [6.45, 7) is 6.91. The van der Waals surface area contributed by atoms with Crippen LogP contribution < -0.4 is 5.32 Å². The van der Waals surface area contributed by atoms with E-state index in [1.54, 1.807) is 4.68 Å². The Balaban J connectivity index is 1.34. The van der Waals surface area contributed by atoms with Crippen LogP contribution in [0.1, 0.15) is 42.6 Å². The summed E-state index contributed by atoms with van der Waals surface area (Å²) in [7, 11) is 0. The number of anilines is 1. The number of nitrogens with one attached hydrogen (secondary N) is 1. The van der Waals surface area contributed by atoms with Crippen LogP contribution in [0.25, 0.3) is 22.3 Å². The Kier molecular flexibility index (Phi) is 4.62. The highest BCUT2D eigenvalue weighted by Crippen LogP contribution is 2.43. The Hall–Kier alpha value is -3.07. The Labute approximate surface area is 178 Å². The summed E-state index contributed by atoms with van der Waals surface area (Å²) in [4.78, 5) is 21.7. The summed E-state index contributed by atoms with van der Waals surface area (Å²) in [6, 6.07) is 2.08. The molecule has 30 heavy (non-hydrogen) atoms. The maximum Gasteiger partial charge on any atom is 0.247 e. The van der Waals surface area contributed by atoms with Gasteiger partial charge in [0.05, 0.1) is 17.1 Å². The molecular weight excluding hydrogens is 398 g/mol. The molecule has 0 bridgehead atoms. The van der Waals surface area contributed by atoms with E-state index in [0.29, 0.717) is 11.0 Å². The van der Waals surface area contributed by atoms with E-state index in [9.17, 15) is 4.79 Å². The van der Waals surface area contributed by atoms with Gasteiger partial charge in [-0.3, -0.25) is 9.48 Å². The molecule has 4 aromatic heterocycles. The Bertz CT molecular complexity index is 1250. The standard InChI is InChI=1S/C21H23N7OS/c1-4-27-9-16(12(2)25-27)17-11-30-21(23-17)24-18(29)10-28-20-19(13(3)26-28)15(7-8-22-20)14-5-6-14/h7-9,11,14H,4-6,10H2,1-3H3,(H,23,24,29). The van der Waals surface area contributed by atoms with Crippen LogP contribution in [-0.2, 0) is 17.9 Å². The summed E-state index contributed by atoms with van der Waals surface area (Å²) in [5.74, 6) is 0.440. The molecule has 0 saturated heterocycles. The van der Waals surface area contributed by atoms with E-state index in [4.69, 9.17) is 0 Å². The first-order chi connectivity index (χ1) is 14.5. The van der Waals surface area contributed by atoms with Crippen molar-refractivity contribution in [3.8, 4) is 11.3 Å². The van der Waals surface area contributed by atoms with Crippen molar-refractivity contribution in [3.63, 3.8) is 0 Å². The molecule has 4 heterocycles. The predicted octanol–water partition coefficient (Wildman–Crippen LogP) is 3.90. The Morgan fingerprint density at radius 1 is 1.27 bits per heavy atom. The lowest BCUT2D eigenvalue weighted by Gasteiger charge is -2.04. The lowest BCUT2D eigenvalue weighted by molar-refractivity contribution is -0.116. The average molecular weight is 422 g/mol. The number of amides is 1. The van der Waals surface area contributed by atoms with Gasteiger partial charge in [-0.25, -0.2) is 14.6 Å². The first kappa shape index (κ1) is 18.9. The van der Waals surface area contributed by atoms with Gasteiger partial charge in [0.15, 0.2) is 10.8 Å². The molecule has 1 amide bonds. The fourth-order valence-corrected chi connectivity index (χ4v) is 4.56. The summed E-state index contributed by atoms with van der Waals surface area (Å²) in [5.41, 5.74) is 5.73. The first-order valence-electron chi connectivity index (χ1n) is 10.1. The molecule has 154 valence electrons. The zero-order chi connectivity index (χ0) is 20.8. The molecule has 1 aliphatic rings. The molecular formula is C21H23N7OS. The van der Waals surface area contributed by atoms with Crippen molar-refractivity contribution in [2.45, 2.75) is 52.6 Å². The molecule has 1 fully saturated rings. The number of rotatable bonds is 6. The fraction of sp³-hybridized carbons (Fsp3) is 0.381. The largest absolute Gasteiger partial charge is 0.300 e. The summed E-state index contributed by atoms with van der Waals surface area (Å²) < 4.78 is 3.58. The highest BCUT2D eigenvalue weighted by molar-refractivity contribution is 7.14. The Morgan fingerprint density at radius 3 is 2.83 bits per heavy atom. The second-order valence-electron chi connectivity index (χ2n) is 7.69. The van der Waals surface area contributed by atoms with Gasteiger partial charge in [-0.15, -0.1) is 11.3 Å². The van der Waals surface area contributed by atoms with Crippen LogP contribution >= 0.6 is 11.3 Å². The van der Waals surface area contributed by atoms with Crippen molar-refractivity contribution in [3.05, 3.63) is 40.8 Å². The van der Waals surface area contributed by atoms with Crippen molar-refractivity contribution in [1.82, 2.24) is 29.5 Å². The normalized spacial score (nSPS) is 13.8. The number of aryl methyl sites for hydroxylation is 3. The second kappa shape index (κ2) is 7.32. The summed E-state index contributed by atoms with van der Waals surface area (Å²) in [5, 5.41) is 15.5. The molecule has 0 radical (unpaired) electrons. The van der Waals surface area contributed by atoms with Gasteiger partial charge in [0, 0.05) is 35.3 Å². The smallest absolute Gasteiger partial charge is 0.247 e. The van der Waals surface area contributed by atoms with E-state index in [0.717, 1.165) is 40.2 Å². The molecule has 4 aromatic rings. The lowest BCUT2D eigenvalue weighted by atomic mass is 10.1. The third-order valence-electron chi connectivity index (χ3n) is 5.45. The maximum absolute atomic E-state index is 12.7. The predicted molar refractivity (Wildman–Crippen MR) is 117 cm³/mol. The molecule has 0 aromatic carbocycles. The fourth-order valence-electron chi connectivity index (χ4n) is 3.84. The van der Waals surface area contributed by atoms with Crippen LogP contribution in [0.15, 0.2) is 23.8 Å². The highest BCUT2D eigenvalue weighted by atomic mass is 32.1. The van der Waals surface area contributed by atoms with Crippen molar-refractivity contribution in [1.29, 1.82) is 0 Å². The minimum absolute atomic E-state index is 0.104. The number of thiazole rings is 1. The minimum atomic E-state index is -0.167. The number of nitrogens with zero attached hydrogens (tertiary/aromatic N) is 6. The van der Waals surface area contributed by atoms with Gasteiger partial charge in [0.1, 0.15) is 6.54 Å². The number of hydrogen-bond acceptors (Lipinski definition) is 6. The van der Waals surface area contributed by atoms with Gasteiger partial charge < -0.3 is 5.32 Å². The molecule has 5 rings (SSSR count). The number of carbonyl (C=O) groups excluding carboxylic acids is 1. The molecule has 9 heteroatoms.